The van der Waals surface area contributed by atoms with Gasteiger partial charge >= 0.3 is 0 Å². The molecule has 0 saturated carbocycles. The molecule has 0 aliphatic carbocycles. The van der Waals surface area contributed by atoms with Crippen molar-refractivity contribution in [3.05, 3.63) is 117 Å². The average Bonchev–Trinajstić information content (AvgIpc) is 3.52. The summed E-state index contributed by atoms with van der Waals surface area (Å²) in [5.74, 6) is 0.485. The van der Waals surface area contributed by atoms with Gasteiger partial charge in [0.1, 0.15) is 22.9 Å². The molecule has 0 unspecified atom stereocenters. The second-order valence-corrected chi connectivity index (χ2v) is 10.2. The van der Waals surface area contributed by atoms with Crippen LogP contribution in [0.4, 0.5) is 5.13 Å². The van der Waals surface area contributed by atoms with Crippen LogP contribution in [0, 0.1) is 0 Å². The quantitative estimate of drug-likeness (QED) is 0.275. The molecule has 184 valence electrons. The Morgan fingerprint density at radius 3 is 2.41 bits per heavy atom. The van der Waals surface area contributed by atoms with Gasteiger partial charge in [-0.15, -0.1) is 10.2 Å². The molecule has 3 aromatic carbocycles. The van der Waals surface area contributed by atoms with E-state index in [0.29, 0.717) is 34.0 Å². The van der Waals surface area contributed by atoms with Gasteiger partial charge in [-0.05, 0) is 35.4 Å². The Bertz CT molecular complexity index is 1660. The minimum atomic E-state index is -0.695. The van der Waals surface area contributed by atoms with Crippen molar-refractivity contribution in [3.8, 4) is 5.75 Å². The van der Waals surface area contributed by atoms with Crippen LogP contribution in [0.15, 0.2) is 88.1 Å². The highest BCUT2D eigenvalue weighted by Crippen LogP contribution is 2.43. The Hall–Kier alpha value is -4.30. The van der Waals surface area contributed by atoms with Crippen LogP contribution in [0.3, 0.4) is 0 Å². The summed E-state index contributed by atoms with van der Waals surface area (Å²) >= 11 is 1.34. The van der Waals surface area contributed by atoms with Crippen LogP contribution in [0.5, 0.6) is 5.75 Å². The normalized spacial score (nSPS) is 14.9. The first-order valence-corrected chi connectivity index (χ1v) is 12.8. The molecule has 6 rings (SSSR count). The number of carbonyl (C=O) groups is 1. The molecule has 2 aromatic heterocycles. The van der Waals surface area contributed by atoms with Crippen molar-refractivity contribution >= 4 is 33.3 Å². The molecular weight excluding hydrogens is 486 g/mol. The van der Waals surface area contributed by atoms with Gasteiger partial charge in [0.15, 0.2) is 5.43 Å². The summed E-state index contributed by atoms with van der Waals surface area (Å²) in [4.78, 5) is 28.9. The molecule has 0 fully saturated rings. The smallest absolute Gasteiger partial charge is 0.297 e. The van der Waals surface area contributed by atoms with E-state index in [9.17, 15) is 9.59 Å². The Balaban J connectivity index is 1.43. The zero-order valence-corrected chi connectivity index (χ0v) is 21.1. The van der Waals surface area contributed by atoms with Gasteiger partial charge < -0.3 is 9.15 Å². The second-order valence-electron chi connectivity index (χ2n) is 9.17. The minimum absolute atomic E-state index is 0.0411. The molecule has 0 radical (unpaired) electrons. The largest absolute Gasteiger partial charge is 0.489 e. The zero-order chi connectivity index (χ0) is 25.5. The van der Waals surface area contributed by atoms with Crippen LogP contribution in [0.1, 0.15) is 58.1 Å². The Kier molecular flexibility index (Phi) is 5.81. The zero-order valence-electron chi connectivity index (χ0n) is 20.3. The maximum atomic E-state index is 13.7. The first kappa shape index (κ1) is 23.1. The standard InChI is InChI=1S/C29H23N3O4S/c1-17(2)27-30-31-29(37-27)32-24(19-12-14-20(15-13-19)35-16-18-8-4-3-5-9-18)23-25(33)21-10-6-7-11-22(21)36-26(23)28(32)34/h3-15,17,24H,16H2,1-2H3/t24-/m0/s1. The maximum absolute atomic E-state index is 13.7. The number of benzene rings is 3. The molecule has 1 atom stereocenters. The third kappa shape index (κ3) is 4.09. The van der Waals surface area contributed by atoms with Crippen molar-refractivity contribution in [2.75, 3.05) is 4.90 Å². The third-order valence-electron chi connectivity index (χ3n) is 6.35. The molecule has 1 amide bonds. The number of nitrogens with zero attached hydrogens (tertiary/aromatic N) is 3. The van der Waals surface area contributed by atoms with Crippen molar-refractivity contribution in [1.82, 2.24) is 10.2 Å². The third-order valence-corrected chi connectivity index (χ3v) is 7.57. The molecular formula is C29H23N3O4S. The summed E-state index contributed by atoms with van der Waals surface area (Å²) in [6.45, 7) is 4.48. The lowest BCUT2D eigenvalue weighted by Crippen LogP contribution is -2.29. The predicted molar refractivity (Wildman–Crippen MR) is 142 cm³/mol. The van der Waals surface area contributed by atoms with Gasteiger partial charge in [0, 0.05) is 5.92 Å². The van der Waals surface area contributed by atoms with Gasteiger partial charge in [-0.2, -0.15) is 0 Å². The first-order chi connectivity index (χ1) is 18.0. The van der Waals surface area contributed by atoms with Gasteiger partial charge in [0.25, 0.3) is 5.91 Å². The summed E-state index contributed by atoms with van der Waals surface area (Å²) in [5.41, 5.74) is 2.28. The van der Waals surface area contributed by atoms with Crippen LogP contribution < -0.4 is 15.1 Å². The fourth-order valence-electron chi connectivity index (χ4n) is 4.48. The van der Waals surface area contributed by atoms with Crippen LogP contribution in [0.2, 0.25) is 0 Å². The second kappa shape index (κ2) is 9.29. The number of carbonyl (C=O) groups excluding carboxylic acids is 1. The molecule has 5 aromatic rings. The van der Waals surface area contributed by atoms with E-state index in [1.807, 2.05) is 68.4 Å². The monoisotopic (exact) mass is 509 g/mol. The van der Waals surface area contributed by atoms with E-state index in [2.05, 4.69) is 10.2 Å². The number of fused-ring (bicyclic) bond motifs is 2. The Morgan fingerprint density at radius 1 is 0.946 bits per heavy atom. The van der Waals surface area contributed by atoms with Crippen molar-refractivity contribution in [1.29, 1.82) is 0 Å². The molecule has 1 aliphatic heterocycles. The van der Waals surface area contributed by atoms with Crippen molar-refractivity contribution in [3.63, 3.8) is 0 Å². The van der Waals surface area contributed by atoms with E-state index in [1.54, 1.807) is 24.3 Å². The van der Waals surface area contributed by atoms with Gasteiger partial charge in [-0.1, -0.05) is 79.8 Å². The van der Waals surface area contributed by atoms with Gasteiger partial charge in [0.05, 0.1) is 17.0 Å². The van der Waals surface area contributed by atoms with Gasteiger partial charge in [0.2, 0.25) is 10.9 Å². The molecule has 8 heteroatoms. The van der Waals surface area contributed by atoms with E-state index < -0.39 is 11.9 Å². The van der Waals surface area contributed by atoms with Gasteiger partial charge in [-0.3, -0.25) is 14.5 Å². The molecule has 0 N–H and O–H groups in total. The summed E-state index contributed by atoms with van der Waals surface area (Å²) in [7, 11) is 0. The molecule has 7 nitrogen and oxygen atoms in total. The maximum Gasteiger partial charge on any atom is 0.297 e. The highest BCUT2D eigenvalue weighted by atomic mass is 32.1. The molecule has 0 spiro atoms. The van der Waals surface area contributed by atoms with E-state index in [4.69, 9.17) is 9.15 Å². The van der Waals surface area contributed by atoms with Gasteiger partial charge in [-0.25, -0.2) is 0 Å². The van der Waals surface area contributed by atoms with Crippen LogP contribution >= 0.6 is 11.3 Å². The highest BCUT2D eigenvalue weighted by molar-refractivity contribution is 7.15. The van der Waals surface area contributed by atoms with Crippen molar-refractivity contribution in [2.45, 2.75) is 32.4 Å². The number of hydrogen-bond acceptors (Lipinski definition) is 7. The van der Waals surface area contributed by atoms with Crippen molar-refractivity contribution in [2.24, 2.45) is 0 Å². The fourth-order valence-corrected chi connectivity index (χ4v) is 5.35. The number of anilines is 1. The highest BCUT2D eigenvalue weighted by Gasteiger charge is 2.45. The van der Waals surface area contributed by atoms with Crippen LogP contribution in [0.25, 0.3) is 11.0 Å². The number of aromatic nitrogens is 2. The average molecular weight is 510 g/mol. The van der Waals surface area contributed by atoms with E-state index in [1.165, 1.54) is 16.2 Å². The molecule has 1 aliphatic rings. The lowest BCUT2D eigenvalue weighted by molar-refractivity contribution is 0.0970. The van der Waals surface area contributed by atoms with Crippen LogP contribution in [-0.2, 0) is 6.61 Å². The topological polar surface area (TPSA) is 85.5 Å². The fraction of sp³-hybridized carbons (Fsp3) is 0.172. The molecule has 0 saturated heterocycles. The van der Waals surface area contributed by atoms with Crippen molar-refractivity contribution < 1.29 is 13.9 Å². The number of hydrogen-bond donors (Lipinski definition) is 0. The number of ether oxygens (including phenoxy) is 1. The summed E-state index contributed by atoms with van der Waals surface area (Å²) in [5, 5.41) is 10.3. The molecule has 37 heavy (non-hydrogen) atoms. The lowest BCUT2D eigenvalue weighted by atomic mass is 9.98. The van der Waals surface area contributed by atoms with E-state index in [0.717, 1.165) is 16.1 Å². The first-order valence-electron chi connectivity index (χ1n) is 12.0. The number of amides is 1. The SMILES string of the molecule is CC(C)c1nnc(N2C(=O)c3oc4ccccc4c(=O)c3[C@@H]2c2ccc(OCc3ccccc3)cc2)s1. The molecule has 3 heterocycles. The summed E-state index contributed by atoms with van der Waals surface area (Å²) < 4.78 is 11.9. The van der Waals surface area contributed by atoms with E-state index in [-0.39, 0.29) is 17.1 Å². The Morgan fingerprint density at radius 2 is 1.68 bits per heavy atom. The predicted octanol–water partition coefficient (Wildman–Crippen LogP) is 6.10. The summed E-state index contributed by atoms with van der Waals surface area (Å²) in [6, 6.07) is 23.6. The summed E-state index contributed by atoms with van der Waals surface area (Å²) in [6.07, 6.45) is 0. The van der Waals surface area contributed by atoms with E-state index >= 15 is 0 Å². The number of rotatable bonds is 6. The minimum Gasteiger partial charge on any atom is -0.489 e. The Labute approximate surface area is 217 Å². The van der Waals surface area contributed by atoms with Crippen LogP contribution in [-0.4, -0.2) is 16.1 Å². The molecule has 0 bridgehead atoms. The lowest BCUT2D eigenvalue weighted by Gasteiger charge is -2.22. The number of para-hydroxylation sites is 1.